The summed E-state index contributed by atoms with van der Waals surface area (Å²) >= 11 is 0. The lowest BCUT2D eigenvalue weighted by Gasteiger charge is -2.20. The fourth-order valence-electron chi connectivity index (χ4n) is 1.95. The van der Waals surface area contributed by atoms with Crippen molar-refractivity contribution in [3.63, 3.8) is 0 Å². The van der Waals surface area contributed by atoms with Crippen molar-refractivity contribution in [2.75, 3.05) is 18.5 Å². The van der Waals surface area contributed by atoms with Gasteiger partial charge < -0.3 is 19.9 Å². The molecule has 1 atom stereocenters. The standard InChI is InChI=1S/C14H19NO4/c1-9(2)13(14(16)17)15-10-4-5-11-12(8-10)19-7-3-6-18-11/h4-5,8-9,13,15H,3,6-7H2,1-2H3,(H,16,17). The topological polar surface area (TPSA) is 67.8 Å². The first-order chi connectivity index (χ1) is 9.08. The predicted molar refractivity (Wildman–Crippen MR) is 71.9 cm³/mol. The second kappa shape index (κ2) is 5.82. The molecule has 5 nitrogen and oxygen atoms in total. The van der Waals surface area contributed by atoms with Gasteiger partial charge in [-0.1, -0.05) is 13.8 Å². The fraction of sp³-hybridized carbons (Fsp3) is 0.500. The van der Waals surface area contributed by atoms with Crippen LogP contribution < -0.4 is 14.8 Å². The maximum atomic E-state index is 11.2. The van der Waals surface area contributed by atoms with Crippen LogP contribution in [0.4, 0.5) is 5.69 Å². The summed E-state index contributed by atoms with van der Waals surface area (Å²) in [5.74, 6) is 0.505. The number of carboxylic acids is 1. The molecule has 2 N–H and O–H groups in total. The Morgan fingerprint density at radius 2 is 1.95 bits per heavy atom. The summed E-state index contributed by atoms with van der Waals surface area (Å²) in [5.41, 5.74) is 0.727. The van der Waals surface area contributed by atoms with Crippen LogP contribution in [0.5, 0.6) is 11.5 Å². The van der Waals surface area contributed by atoms with Crippen molar-refractivity contribution in [3.8, 4) is 11.5 Å². The fourth-order valence-corrected chi connectivity index (χ4v) is 1.95. The van der Waals surface area contributed by atoms with Gasteiger partial charge in [-0.3, -0.25) is 0 Å². The van der Waals surface area contributed by atoms with E-state index in [1.54, 1.807) is 6.07 Å². The molecule has 1 aliphatic heterocycles. The van der Waals surface area contributed by atoms with Crippen LogP contribution in [0.25, 0.3) is 0 Å². The Bertz CT molecular complexity index is 459. The van der Waals surface area contributed by atoms with E-state index in [0.717, 1.165) is 12.1 Å². The van der Waals surface area contributed by atoms with Crippen molar-refractivity contribution in [2.24, 2.45) is 5.92 Å². The highest BCUT2D eigenvalue weighted by Crippen LogP contribution is 2.32. The molecule has 1 aromatic carbocycles. The highest BCUT2D eigenvalue weighted by Gasteiger charge is 2.21. The van der Waals surface area contributed by atoms with E-state index in [2.05, 4.69) is 5.32 Å². The summed E-state index contributed by atoms with van der Waals surface area (Å²) in [7, 11) is 0. The number of hydrogen-bond donors (Lipinski definition) is 2. The molecule has 1 aromatic rings. The first-order valence-corrected chi connectivity index (χ1v) is 6.47. The van der Waals surface area contributed by atoms with Crippen LogP contribution in [-0.4, -0.2) is 30.3 Å². The second-order valence-corrected chi connectivity index (χ2v) is 4.92. The smallest absolute Gasteiger partial charge is 0.326 e. The Morgan fingerprint density at radius 1 is 1.26 bits per heavy atom. The summed E-state index contributed by atoms with van der Waals surface area (Å²) in [6.07, 6.45) is 0.848. The third-order valence-electron chi connectivity index (χ3n) is 3.00. The van der Waals surface area contributed by atoms with Crippen LogP contribution in [0.3, 0.4) is 0 Å². The molecule has 1 heterocycles. The summed E-state index contributed by atoms with van der Waals surface area (Å²) in [6.45, 7) is 5.00. The number of aliphatic carboxylic acids is 1. The number of fused-ring (bicyclic) bond motifs is 1. The molecule has 0 aliphatic carbocycles. The van der Waals surface area contributed by atoms with Gasteiger partial charge in [0.25, 0.3) is 0 Å². The van der Waals surface area contributed by atoms with Gasteiger partial charge in [0.15, 0.2) is 11.5 Å². The highest BCUT2D eigenvalue weighted by atomic mass is 16.5. The number of anilines is 1. The Balaban J connectivity index is 2.17. The van der Waals surface area contributed by atoms with Crippen LogP contribution in [0.2, 0.25) is 0 Å². The van der Waals surface area contributed by atoms with Crippen molar-refractivity contribution < 1.29 is 19.4 Å². The lowest BCUT2D eigenvalue weighted by atomic mass is 10.0. The van der Waals surface area contributed by atoms with E-state index in [0.29, 0.717) is 24.7 Å². The molecule has 19 heavy (non-hydrogen) atoms. The zero-order valence-corrected chi connectivity index (χ0v) is 11.2. The first kappa shape index (κ1) is 13.5. The lowest BCUT2D eigenvalue weighted by molar-refractivity contribution is -0.138. The molecule has 0 radical (unpaired) electrons. The van der Waals surface area contributed by atoms with Crippen molar-refractivity contribution in [3.05, 3.63) is 18.2 Å². The van der Waals surface area contributed by atoms with Gasteiger partial charge in [0.2, 0.25) is 0 Å². The van der Waals surface area contributed by atoms with Gasteiger partial charge in [0.05, 0.1) is 13.2 Å². The number of nitrogens with one attached hydrogen (secondary N) is 1. The SMILES string of the molecule is CC(C)C(Nc1ccc2c(c1)OCCCO2)C(=O)O. The van der Waals surface area contributed by atoms with Crippen molar-refractivity contribution in [1.82, 2.24) is 0 Å². The molecule has 5 heteroatoms. The minimum absolute atomic E-state index is 0.00604. The Morgan fingerprint density at radius 3 is 2.58 bits per heavy atom. The van der Waals surface area contributed by atoms with E-state index in [-0.39, 0.29) is 5.92 Å². The second-order valence-electron chi connectivity index (χ2n) is 4.92. The molecule has 0 amide bonds. The summed E-state index contributed by atoms with van der Waals surface area (Å²) in [6, 6.07) is 4.79. The van der Waals surface area contributed by atoms with Crippen LogP contribution >= 0.6 is 0 Å². The maximum Gasteiger partial charge on any atom is 0.326 e. The summed E-state index contributed by atoms with van der Waals surface area (Å²) < 4.78 is 11.1. The van der Waals surface area contributed by atoms with Crippen molar-refractivity contribution >= 4 is 11.7 Å². The molecule has 1 unspecified atom stereocenters. The molecule has 0 fully saturated rings. The molecule has 0 saturated carbocycles. The average Bonchev–Trinajstić information content (AvgIpc) is 2.59. The predicted octanol–water partition coefficient (Wildman–Crippen LogP) is 2.37. The van der Waals surface area contributed by atoms with E-state index in [9.17, 15) is 4.79 Å². The highest BCUT2D eigenvalue weighted by molar-refractivity contribution is 5.78. The first-order valence-electron chi connectivity index (χ1n) is 6.47. The zero-order chi connectivity index (χ0) is 13.8. The van der Waals surface area contributed by atoms with Gasteiger partial charge in [-0.05, 0) is 18.1 Å². The van der Waals surface area contributed by atoms with E-state index in [4.69, 9.17) is 14.6 Å². The molecular weight excluding hydrogens is 246 g/mol. The molecule has 2 rings (SSSR count). The van der Waals surface area contributed by atoms with Crippen molar-refractivity contribution in [1.29, 1.82) is 0 Å². The average molecular weight is 265 g/mol. The number of benzene rings is 1. The van der Waals surface area contributed by atoms with Crippen molar-refractivity contribution in [2.45, 2.75) is 26.3 Å². The Hall–Kier alpha value is -1.91. The maximum absolute atomic E-state index is 11.2. The summed E-state index contributed by atoms with van der Waals surface area (Å²) in [5, 5.41) is 12.2. The Labute approximate surface area is 112 Å². The monoisotopic (exact) mass is 265 g/mol. The third kappa shape index (κ3) is 3.30. The molecule has 104 valence electrons. The zero-order valence-electron chi connectivity index (χ0n) is 11.2. The van der Waals surface area contributed by atoms with Crippen LogP contribution in [0, 0.1) is 5.92 Å². The van der Waals surface area contributed by atoms with E-state index < -0.39 is 12.0 Å². The lowest BCUT2D eigenvalue weighted by Crippen LogP contribution is -2.34. The molecular formula is C14H19NO4. The van der Waals surface area contributed by atoms with Gasteiger partial charge in [-0.25, -0.2) is 4.79 Å². The largest absolute Gasteiger partial charge is 0.490 e. The minimum atomic E-state index is -0.859. The van der Waals surface area contributed by atoms with Crippen LogP contribution in [-0.2, 0) is 4.79 Å². The number of hydrogen-bond acceptors (Lipinski definition) is 4. The number of carbonyl (C=O) groups is 1. The van der Waals surface area contributed by atoms with E-state index in [1.807, 2.05) is 26.0 Å². The van der Waals surface area contributed by atoms with Gasteiger partial charge in [0, 0.05) is 18.2 Å². The molecule has 0 saturated heterocycles. The Kier molecular flexibility index (Phi) is 4.14. The van der Waals surface area contributed by atoms with Gasteiger partial charge in [-0.15, -0.1) is 0 Å². The van der Waals surface area contributed by atoms with Gasteiger partial charge >= 0.3 is 5.97 Å². The molecule has 0 spiro atoms. The number of carboxylic acid groups (broad SMARTS) is 1. The van der Waals surface area contributed by atoms with Gasteiger partial charge in [0.1, 0.15) is 6.04 Å². The minimum Gasteiger partial charge on any atom is -0.490 e. The molecule has 0 bridgehead atoms. The third-order valence-corrected chi connectivity index (χ3v) is 3.00. The molecule has 0 aromatic heterocycles. The van der Waals surface area contributed by atoms with Crippen LogP contribution in [0.1, 0.15) is 20.3 Å². The van der Waals surface area contributed by atoms with Crippen LogP contribution in [0.15, 0.2) is 18.2 Å². The van der Waals surface area contributed by atoms with E-state index in [1.165, 1.54) is 0 Å². The summed E-state index contributed by atoms with van der Waals surface area (Å²) in [4.78, 5) is 11.2. The normalized spacial score (nSPS) is 15.7. The van der Waals surface area contributed by atoms with E-state index >= 15 is 0 Å². The number of rotatable bonds is 4. The number of ether oxygens (including phenoxy) is 2. The molecule has 1 aliphatic rings. The van der Waals surface area contributed by atoms with Gasteiger partial charge in [-0.2, -0.15) is 0 Å². The quantitative estimate of drug-likeness (QED) is 0.874.